The van der Waals surface area contributed by atoms with E-state index in [1.807, 2.05) is 53.2 Å². The Bertz CT molecular complexity index is 1040. The molecule has 0 bridgehead atoms. The number of aryl methyl sites for hydroxylation is 1. The number of hydrogen-bond acceptors (Lipinski definition) is 5. The Morgan fingerprint density at radius 1 is 1.08 bits per heavy atom. The monoisotopic (exact) mass is 345 g/mol. The second-order valence-electron chi connectivity index (χ2n) is 5.85. The van der Waals surface area contributed by atoms with E-state index in [1.165, 1.54) is 0 Å². The maximum Gasteiger partial charge on any atom is 0.149 e. The summed E-state index contributed by atoms with van der Waals surface area (Å²) < 4.78 is 7.08. The second-order valence-corrected chi connectivity index (χ2v) is 5.85. The van der Waals surface area contributed by atoms with Gasteiger partial charge in [-0.1, -0.05) is 13.0 Å². The van der Waals surface area contributed by atoms with E-state index in [9.17, 15) is 0 Å². The third kappa shape index (κ3) is 2.97. The summed E-state index contributed by atoms with van der Waals surface area (Å²) in [6, 6.07) is 13.7. The van der Waals surface area contributed by atoms with Gasteiger partial charge in [-0.25, -0.2) is 9.50 Å². The lowest BCUT2D eigenvalue weighted by molar-refractivity contribution is 0.415. The molecule has 4 aromatic rings. The third-order valence-electron chi connectivity index (χ3n) is 4.20. The van der Waals surface area contributed by atoms with Crippen LogP contribution in [0.3, 0.4) is 0 Å². The lowest BCUT2D eigenvalue weighted by atomic mass is 10.1. The van der Waals surface area contributed by atoms with Crippen LogP contribution in [0.25, 0.3) is 16.8 Å². The van der Waals surface area contributed by atoms with E-state index in [2.05, 4.69) is 22.3 Å². The fourth-order valence-corrected chi connectivity index (χ4v) is 2.94. The van der Waals surface area contributed by atoms with E-state index in [0.717, 1.165) is 40.3 Å². The number of benzene rings is 1. The molecule has 3 aromatic heterocycles. The van der Waals surface area contributed by atoms with Crippen molar-refractivity contribution in [1.82, 2.24) is 19.6 Å². The molecular weight excluding hydrogens is 326 g/mol. The molecule has 0 unspecified atom stereocenters. The Balaban J connectivity index is 1.72. The van der Waals surface area contributed by atoms with E-state index < -0.39 is 0 Å². The van der Waals surface area contributed by atoms with Crippen molar-refractivity contribution >= 4 is 17.0 Å². The number of anilines is 2. The Labute approximate surface area is 151 Å². The van der Waals surface area contributed by atoms with Crippen LogP contribution < -0.4 is 10.1 Å². The van der Waals surface area contributed by atoms with Crippen molar-refractivity contribution in [2.75, 3.05) is 12.4 Å². The second kappa shape index (κ2) is 6.84. The molecule has 0 radical (unpaired) electrons. The van der Waals surface area contributed by atoms with Crippen LogP contribution in [0.5, 0.6) is 5.75 Å². The van der Waals surface area contributed by atoms with Crippen LogP contribution in [-0.2, 0) is 6.42 Å². The van der Waals surface area contributed by atoms with Crippen LogP contribution in [0.15, 0.2) is 61.1 Å². The van der Waals surface area contributed by atoms with Gasteiger partial charge in [-0.15, -0.1) is 0 Å². The van der Waals surface area contributed by atoms with Crippen molar-refractivity contribution in [3.8, 4) is 17.0 Å². The van der Waals surface area contributed by atoms with Crippen molar-refractivity contribution in [3.63, 3.8) is 0 Å². The van der Waals surface area contributed by atoms with E-state index in [1.54, 1.807) is 19.5 Å². The molecule has 6 nitrogen and oxygen atoms in total. The van der Waals surface area contributed by atoms with Gasteiger partial charge in [0.1, 0.15) is 11.6 Å². The highest BCUT2D eigenvalue weighted by Gasteiger charge is 2.15. The van der Waals surface area contributed by atoms with Gasteiger partial charge in [-0.05, 0) is 42.8 Å². The predicted molar refractivity (Wildman–Crippen MR) is 102 cm³/mol. The Kier molecular flexibility index (Phi) is 4.23. The molecule has 0 aliphatic heterocycles. The summed E-state index contributed by atoms with van der Waals surface area (Å²) in [7, 11) is 1.65. The normalized spacial score (nSPS) is 10.8. The SMILES string of the molecule is CCc1nn2ccccc2c1-c1cncc(Nc2ccc(OC)cc2)n1. The number of pyridine rings is 1. The Morgan fingerprint density at radius 2 is 1.92 bits per heavy atom. The first-order valence-electron chi connectivity index (χ1n) is 8.48. The van der Waals surface area contributed by atoms with E-state index in [4.69, 9.17) is 9.72 Å². The zero-order valence-corrected chi connectivity index (χ0v) is 14.7. The number of methoxy groups -OCH3 is 1. The molecule has 0 aliphatic rings. The summed E-state index contributed by atoms with van der Waals surface area (Å²) in [5.74, 6) is 1.50. The molecular formula is C20H19N5O. The number of nitrogens with zero attached hydrogens (tertiary/aromatic N) is 4. The zero-order chi connectivity index (χ0) is 17.9. The van der Waals surface area contributed by atoms with Gasteiger partial charge >= 0.3 is 0 Å². The van der Waals surface area contributed by atoms with Crippen molar-refractivity contribution in [1.29, 1.82) is 0 Å². The van der Waals surface area contributed by atoms with Crippen LogP contribution in [0.4, 0.5) is 11.5 Å². The number of aromatic nitrogens is 4. The van der Waals surface area contributed by atoms with Gasteiger partial charge in [0.2, 0.25) is 0 Å². The quantitative estimate of drug-likeness (QED) is 0.590. The summed E-state index contributed by atoms with van der Waals surface area (Å²) in [5.41, 5.74) is 4.79. The van der Waals surface area contributed by atoms with Crippen molar-refractivity contribution in [2.45, 2.75) is 13.3 Å². The number of rotatable bonds is 5. The van der Waals surface area contributed by atoms with Gasteiger partial charge in [-0.3, -0.25) is 4.98 Å². The Hall–Kier alpha value is -3.41. The van der Waals surface area contributed by atoms with E-state index >= 15 is 0 Å². The van der Waals surface area contributed by atoms with Gasteiger partial charge in [0, 0.05) is 11.9 Å². The van der Waals surface area contributed by atoms with Crippen LogP contribution in [-0.4, -0.2) is 26.7 Å². The summed E-state index contributed by atoms with van der Waals surface area (Å²) in [6.07, 6.45) is 6.27. The molecule has 1 aromatic carbocycles. The molecule has 4 rings (SSSR count). The molecule has 26 heavy (non-hydrogen) atoms. The van der Waals surface area contributed by atoms with Gasteiger partial charge in [0.05, 0.1) is 42.0 Å². The van der Waals surface area contributed by atoms with Gasteiger partial charge in [0.25, 0.3) is 0 Å². The minimum absolute atomic E-state index is 0.685. The van der Waals surface area contributed by atoms with Crippen LogP contribution in [0.1, 0.15) is 12.6 Å². The number of fused-ring (bicyclic) bond motifs is 1. The highest BCUT2D eigenvalue weighted by atomic mass is 16.5. The van der Waals surface area contributed by atoms with Gasteiger partial charge < -0.3 is 10.1 Å². The summed E-state index contributed by atoms with van der Waals surface area (Å²) in [5, 5.41) is 7.94. The van der Waals surface area contributed by atoms with Crippen LogP contribution in [0.2, 0.25) is 0 Å². The van der Waals surface area contributed by atoms with Gasteiger partial charge in [-0.2, -0.15) is 5.10 Å². The largest absolute Gasteiger partial charge is 0.497 e. The summed E-state index contributed by atoms with van der Waals surface area (Å²) in [4.78, 5) is 9.12. The maximum absolute atomic E-state index is 5.19. The van der Waals surface area contributed by atoms with Gasteiger partial charge in [0.15, 0.2) is 0 Å². The highest BCUT2D eigenvalue weighted by molar-refractivity contribution is 5.80. The average molecular weight is 345 g/mol. The molecule has 0 saturated carbocycles. The van der Waals surface area contributed by atoms with E-state index in [0.29, 0.717) is 5.82 Å². The minimum Gasteiger partial charge on any atom is -0.497 e. The molecule has 0 spiro atoms. The van der Waals surface area contributed by atoms with E-state index in [-0.39, 0.29) is 0 Å². The Morgan fingerprint density at radius 3 is 2.69 bits per heavy atom. The predicted octanol–water partition coefficient (Wildman–Crippen LogP) is 4.11. The number of nitrogens with one attached hydrogen (secondary N) is 1. The first-order valence-corrected chi connectivity index (χ1v) is 8.48. The van der Waals surface area contributed by atoms with Crippen molar-refractivity contribution in [2.24, 2.45) is 0 Å². The molecule has 0 amide bonds. The third-order valence-corrected chi connectivity index (χ3v) is 4.20. The van der Waals surface area contributed by atoms with Crippen molar-refractivity contribution in [3.05, 3.63) is 66.7 Å². The minimum atomic E-state index is 0.685. The lowest BCUT2D eigenvalue weighted by Crippen LogP contribution is -1.97. The fourth-order valence-electron chi connectivity index (χ4n) is 2.94. The van der Waals surface area contributed by atoms with Crippen LogP contribution >= 0.6 is 0 Å². The molecule has 0 saturated heterocycles. The van der Waals surface area contributed by atoms with Crippen molar-refractivity contribution < 1.29 is 4.74 Å². The number of hydrogen-bond donors (Lipinski definition) is 1. The molecule has 1 N–H and O–H groups in total. The average Bonchev–Trinajstić information content (AvgIpc) is 3.07. The molecule has 0 aliphatic carbocycles. The topological polar surface area (TPSA) is 64.3 Å². The first kappa shape index (κ1) is 16.1. The molecule has 0 fully saturated rings. The maximum atomic E-state index is 5.19. The standard InChI is InChI=1S/C20H19N5O/c1-3-16-20(18-6-4-5-11-25(18)24-16)17-12-21-13-19(23-17)22-14-7-9-15(26-2)10-8-14/h4-13H,3H2,1-2H3,(H,22,23). The summed E-state index contributed by atoms with van der Waals surface area (Å²) in [6.45, 7) is 2.10. The highest BCUT2D eigenvalue weighted by Crippen LogP contribution is 2.28. The first-order chi connectivity index (χ1) is 12.8. The zero-order valence-electron chi connectivity index (χ0n) is 14.7. The molecule has 130 valence electrons. The fraction of sp³-hybridized carbons (Fsp3) is 0.150. The summed E-state index contributed by atoms with van der Waals surface area (Å²) >= 11 is 0. The molecule has 3 heterocycles. The molecule has 0 atom stereocenters. The molecule has 6 heteroatoms. The smallest absolute Gasteiger partial charge is 0.149 e. The lowest BCUT2D eigenvalue weighted by Gasteiger charge is -2.08. The van der Waals surface area contributed by atoms with Crippen LogP contribution in [0, 0.1) is 0 Å². The number of ether oxygens (including phenoxy) is 1.